The molecular formula is C9H14ClN3O. The van der Waals surface area contributed by atoms with Gasteiger partial charge in [-0.25, -0.2) is 4.99 Å². The molecule has 0 heterocycles. The summed E-state index contributed by atoms with van der Waals surface area (Å²) in [6.45, 7) is -0.0953. The van der Waals surface area contributed by atoms with E-state index in [-0.39, 0.29) is 31.0 Å². The number of aliphatic hydroxyl groups excluding tert-OH is 1. The van der Waals surface area contributed by atoms with Crippen molar-refractivity contribution in [2.24, 2.45) is 16.5 Å². The molecule has 0 spiro atoms. The van der Waals surface area contributed by atoms with E-state index in [1.807, 2.05) is 30.3 Å². The highest BCUT2D eigenvalue weighted by molar-refractivity contribution is 5.85. The molecule has 0 radical (unpaired) electrons. The average molecular weight is 216 g/mol. The lowest BCUT2D eigenvalue weighted by Gasteiger charge is -2.09. The fourth-order valence-corrected chi connectivity index (χ4v) is 1.08. The van der Waals surface area contributed by atoms with Gasteiger partial charge in [0.05, 0.1) is 6.61 Å². The standard InChI is InChI=1S/C9H13N3O.ClH/c10-9(11)12-8(6-13)7-4-2-1-3-5-7;/h1-5,8,13H,6H2,(H4,10,11,12);1H/t8-;/m1./s1. The van der Waals surface area contributed by atoms with E-state index in [0.29, 0.717) is 0 Å². The molecular weight excluding hydrogens is 202 g/mol. The van der Waals surface area contributed by atoms with Crippen LogP contribution in [0, 0.1) is 0 Å². The van der Waals surface area contributed by atoms with Crippen LogP contribution in [-0.4, -0.2) is 17.7 Å². The molecule has 14 heavy (non-hydrogen) atoms. The van der Waals surface area contributed by atoms with Crippen molar-refractivity contribution in [3.8, 4) is 0 Å². The summed E-state index contributed by atoms with van der Waals surface area (Å²) in [7, 11) is 0. The summed E-state index contributed by atoms with van der Waals surface area (Å²) in [5, 5.41) is 9.01. The third-order valence-electron chi connectivity index (χ3n) is 1.66. The van der Waals surface area contributed by atoms with Gasteiger partial charge >= 0.3 is 0 Å². The largest absolute Gasteiger partial charge is 0.394 e. The van der Waals surface area contributed by atoms with Crippen LogP contribution >= 0.6 is 12.4 Å². The summed E-state index contributed by atoms with van der Waals surface area (Å²) in [4.78, 5) is 3.89. The van der Waals surface area contributed by atoms with E-state index in [1.54, 1.807) is 0 Å². The van der Waals surface area contributed by atoms with E-state index in [4.69, 9.17) is 16.6 Å². The molecule has 0 bridgehead atoms. The number of halogens is 1. The Morgan fingerprint density at radius 2 is 1.86 bits per heavy atom. The molecule has 78 valence electrons. The third kappa shape index (κ3) is 3.64. The minimum Gasteiger partial charge on any atom is -0.394 e. The predicted molar refractivity (Wildman–Crippen MR) is 59.3 cm³/mol. The second kappa shape index (κ2) is 6.23. The number of rotatable bonds is 3. The van der Waals surface area contributed by atoms with E-state index in [1.165, 1.54) is 0 Å². The first-order valence-corrected chi connectivity index (χ1v) is 3.98. The molecule has 0 saturated carbocycles. The second-order valence-electron chi connectivity index (χ2n) is 2.66. The Morgan fingerprint density at radius 1 is 1.29 bits per heavy atom. The van der Waals surface area contributed by atoms with Gasteiger partial charge in [0.1, 0.15) is 6.04 Å². The summed E-state index contributed by atoms with van der Waals surface area (Å²) in [6, 6.07) is 9.03. The Hall–Kier alpha value is -1.26. The summed E-state index contributed by atoms with van der Waals surface area (Å²) in [6.07, 6.45) is 0. The second-order valence-corrected chi connectivity index (χ2v) is 2.66. The first-order valence-electron chi connectivity index (χ1n) is 3.98. The molecule has 0 unspecified atom stereocenters. The maximum Gasteiger partial charge on any atom is 0.186 e. The van der Waals surface area contributed by atoms with Crippen LogP contribution in [0.4, 0.5) is 0 Å². The van der Waals surface area contributed by atoms with Gasteiger partial charge < -0.3 is 16.6 Å². The summed E-state index contributed by atoms with van der Waals surface area (Å²) in [5.41, 5.74) is 11.3. The van der Waals surface area contributed by atoms with Gasteiger partial charge in [0.15, 0.2) is 5.96 Å². The molecule has 1 aromatic carbocycles. The van der Waals surface area contributed by atoms with Gasteiger partial charge in [-0.05, 0) is 5.56 Å². The number of nitrogens with two attached hydrogens (primary N) is 2. The van der Waals surface area contributed by atoms with Crippen molar-refractivity contribution in [2.45, 2.75) is 6.04 Å². The minimum atomic E-state index is -0.355. The van der Waals surface area contributed by atoms with Crippen LogP contribution in [0.25, 0.3) is 0 Å². The van der Waals surface area contributed by atoms with Gasteiger partial charge in [-0.1, -0.05) is 30.3 Å². The molecule has 1 rings (SSSR count). The van der Waals surface area contributed by atoms with Crippen LogP contribution in [-0.2, 0) is 0 Å². The van der Waals surface area contributed by atoms with Gasteiger partial charge in [-0.3, -0.25) is 0 Å². The van der Waals surface area contributed by atoms with Crippen molar-refractivity contribution in [1.29, 1.82) is 0 Å². The average Bonchev–Trinajstić information content (AvgIpc) is 2.15. The first kappa shape index (κ1) is 12.7. The van der Waals surface area contributed by atoms with Crippen molar-refractivity contribution in [3.05, 3.63) is 35.9 Å². The van der Waals surface area contributed by atoms with Crippen LogP contribution in [0.2, 0.25) is 0 Å². The Balaban J connectivity index is 0.00000169. The molecule has 1 aromatic rings. The lowest BCUT2D eigenvalue weighted by Crippen LogP contribution is -2.24. The summed E-state index contributed by atoms with van der Waals surface area (Å²) in [5.74, 6) is -0.0112. The normalized spacial score (nSPS) is 11.2. The number of hydrogen-bond acceptors (Lipinski definition) is 2. The lowest BCUT2D eigenvalue weighted by molar-refractivity contribution is 0.269. The molecule has 1 atom stereocenters. The number of nitrogens with zero attached hydrogens (tertiary/aromatic N) is 1. The van der Waals surface area contributed by atoms with Crippen LogP contribution in [0.3, 0.4) is 0 Å². The van der Waals surface area contributed by atoms with Crippen LogP contribution in [0.5, 0.6) is 0 Å². The lowest BCUT2D eigenvalue weighted by atomic mass is 10.1. The number of aliphatic hydroxyl groups is 1. The van der Waals surface area contributed by atoms with Gasteiger partial charge in [0.2, 0.25) is 0 Å². The van der Waals surface area contributed by atoms with Gasteiger partial charge in [0, 0.05) is 0 Å². The highest BCUT2D eigenvalue weighted by atomic mass is 35.5. The van der Waals surface area contributed by atoms with Crippen molar-refractivity contribution in [3.63, 3.8) is 0 Å². The van der Waals surface area contributed by atoms with Crippen LogP contribution in [0.1, 0.15) is 11.6 Å². The molecule has 5 heteroatoms. The maximum absolute atomic E-state index is 9.01. The van der Waals surface area contributed by atoms with E-state index < -0.39 is 0 Å². The highest BCUT2D eigenvalue weighted by Crippen LogP contribution is 2.15. The topological polar surface area (TPSA) is 84.6 Å². The molecule has 5 N–H and O–H groups in total. The van der Waals surface area contributed by atoms with Gasteiger partial charge in [0.25, 0.3) is 0 Å². The summed E-state index contributed by atoms with van der Waals surface area (Å²) < 4.78 is 0. The molecule has 0 saturated heterocycles. The smallest absolute Gasteiger partial charge is 0.186 e. The molecule has 0 aliphatic rings. The third-order valence-corrected chi connectivity index (χ3v) is 1.66. The molecule has 0 aliphatic heterocycles. The minimum absolute atomic E-state index is 0. The molecule has 0 amide bonds. The van der Waals surface area contributed by atoms with Crippen molar-refractivity contribution >= 4 is 18.4 Å². The number of aliphatic imine (C=N–C) groups is 1. The monoisotopic (exact) mass is 215 g/mol. The van der Waals surface area contributed by atoms with Crippen molar-refractivity contribution < 1.29 is 5.11 Å². The Bertz CT molecular complexity index is 285. The van der Waals surface area contributed by atoms with E-state index in [0.717, 1.165) is 5.56 Å². The van der Waals surface area contributed by atoms with Gasteiger partial charge in [-0.15, -0.1) is 12.4 Å². The maximum atomic E-state index is 9.01. The molecule has 0 aliphatic carbocycles. The Kier molecular flexibility index (Phi) is 5.67. The van der Waals surface area contributed by atoms with E-state index in [9.17, 15) is 0 Å². The number of guanidine groups is 1. The van der Waals surface area contributed by atoms with Crippen LogP contribution in [0.15, 0.2) is 35.3 Å². The highest BCUT2D eigenvalue weighted by Gasteiger charge is 2.07. The van der Waals surface area contributed by atoms with Crippen molar-refractivity contribution in [1.82, 2.24) is 0 Å². The quantitative estimate of drug-likeness (QED) is 0.505. The predicted octanol–water partition coefficient (Wildman–Crippen LogP) is 0.415. The molecule has 0 fully saturated rings. The SMILES string of the molecule is Cl.NC(N)=N[C@H](CO)c1ccccc1. The fraction of sp³-hybridized carbons (Fsp3) is 0.222. The zero-order valence-corrected chi connectivity index (χ0v) is 8.45. The Labute approximate surface area is 89.0 Å². The summed E-state index contributed by atoms with van der Waals surface area (Å²) >= 11 is 0. The Morgan fingerprint density at radius 3 is 2.29 bits per heavy atom. The fourth-order valence-electron chi connectivity index (χ4n) is 1.08. The zero-order chi connectivity index (χ0) is 9.68. The van der Waals surface area contributed by atoms with E-state index >= 15 is 0 Å². The van der Waals surface area contributed by atoms with Crippen molar-refractivity contribution in [2.75, 3.05) is 6.61 Å². The molecule has 4 nitrogen and oxygen atoms in total. The van der Waals surface area contributed by atoms with Gasteiger partial charge in [-0.2, -0.15) is 0 Å². The number of benzene rings is 1. The zero-order valence-electron chi connectivity index (χ0n) is 7.63. The molecule has 0 aromatic heterocycles. The first-order chi connectivity index (χ1) is 6.24. The van der Waals surface area contributed by atoms with Crippen LogP contribution < -0.4 is 11.5 Å². The van der Waals surface area contributed by atoms with E-state index in [2.05, 4.69) is 4.99 Å². The number of hydrogen-bond donors (Lipinski definition) is 3.